The average molecular weight is 449 g/mol. The summed E-state index contributed by atoms with van der Waals surface area (Å²) in [5, 5.41) is 8.56. The molecule has 1 saturated heterocycles. The van der Waals surface area contributed by atoms with E-state index in [1.807, 2.05) is 4.90 Å². The zero-order valence-corrected chi connectivity index (χ0v) is 18.5. The van der Waals surface area contributed by atoms with Crippen LogP contribution in [0.4, 0.5) is 0 Å². The molecule has 0 aromatic heterocycles. The first kappa shape index (κ1) is 23.8. The summed E-state index contributed by atoms with van der Waals surface area (Å²) < 4.78 is 16.3. The molecule has 0 saturated carbocycles. The number of benzene rings is 1. The largest absolute Gasteiger partial charge is 0.497 e. The van der Waals surface area contributed by atoms with Gasteiger partial charge in [0.25, 0.3) is 5.91 Å². The highest BCUT2D eigenvalue weighted by Crippen LogP contribution is 2.25. The molecule has 10 heteroatoms. The topological polar surface area (TPSA) is 118 Å². The van der Waals surface area contributed by atoms with Gasteiger partial charge < -0.3 is 30.2 Å². The van der Waals surface area contributed by atoms with Crippen molar-refractivity contribution in [2.24, 2.45) is 0 Å². The molecule has 3 N–H and O–H groups in total. The van der Waals surface area contributed by atoms with Crippen LogP contribution in [-0.2, 0) is 14.3 Å². The lowest BCUT2D eigenvalue weighted by Gasteiger charge is -2.27. The number of nitrogens with one attached hydrogen (secondary N) is 3. The van der Waals surface area contributed by atoms with Gasteiger partial charge in [-0.1, -0.05) is 0 Å². The molecule has 2 aliphatic rings. The number of amides is 3. The molecule has 1 aromatic rings. The smallest absolute Gasteiger partial charge is 0.255 e. The van der Waals surface area contributed by atoms with Gasteiger partial charge in [0.2, 0.25) is 11.8 Å². The molecule has 0 spiro atoms. The molecular weight excluding hydrogens is 416 g/mol. The molecule has 176 valence electrons. The number of rotatable bonds is 4. The Morgan fingerprint density at radius 2 is 1.97 bits per heavy atom. The summed E-state index contributed by atoms with van der Waals surface area (Å²) in [7, 11) is 1.54. The van der Waals surface area contributed by atoms with Crippen LogP contribution >= 0.6 is 0 Å². The van der Waals surface area contributed by atoms with Crippen molar-refractivity contribution >= 4 is 17.7 Å². The van der Waals surface area contributed by atoms with Crippen LogP contribution in [-0.4, -0.2) is 88.3 Å². The highest BCUT2D eigenvalue weighted by Gasteiger charge is 2.23. The maximum Gasteiger partial charge on any atom is 0.255 e. The summed E-state index contributed by atoms with van der Waals surface area (Å²) in [6.07, 6.45) is 1.86. The molecule has 1 aromatic carbocycles. The van der Waals surface area contributed by atoms with Crippen molar-refractivity contribution in [2.75, 3.05) is 59.7 Å². The molecule has 1 atom stereocenters. The number of hydrogen-bond donors (Lipinski definition) is 3. The third-order valence-electron chi connectivity index (χ3n) is 5.42. The molecule has 1 fully saturated rings. The van der Waals surface area contributed by atoms with E-state index in [1.54, 1.807) is 25.3 Å². The van der Waals surface area contributed by atoms with E-state index in [0.29, 0.717) is 69.2 Å². The van der Waals surface area contributed by atoms with Crippen molar-refractivity contribution in [1.82, 2.24) is 20.9 Å². The van der Waals surface area contributed by atoms with E-state index in [-0.39, 0.29) is 37.4 Å². The molecule has 10 nitrogen and oxygen atoms in total. The monoisotopic (exact) mass is 448 g/mol. The summed E-state index contributed by atoms with van der Waals surface area (Å²) in [4.78, 5) is 39.7. The van der Waals surface area contributed by atoms with E-state index in [4.69, 9.17) is 14.2 Å². The lowest BCUT2D eigenvalue weighted by molar-refractivity contribution is -0.130. The second-order valence-electron chi connectivity index (χ2n) is 7.76. The first-order chi connectivity index (χ1) is 15.6. The molecule has 3 amide bonds. The molecular formula is C22H32N4O6. The molecule has 0 unspecified atom stereocenters. The Kier molecular flexibility index (Phi) is 9.12. The minimum absolute atomic E-state index is 0.174. The Morgan fingerprint density at radius 1 is 1.16 bits per heavy atom. The van der Waals surface area contributed by atoms with Crippen LogP contribution in [0.3, 0.4) is 0 Å². The van der Waals surface area contributed by atoms with E-state index in [2.05, 4.69) is 16.0 Å². The molecule has 0 bridgehead atoms. The molecule has 3 rings (SSSR count). The van der Waals surface area contributed by atoms with Crippen LogP contribution in [0, 0.1) is 0 Å². The number of morpholine rings is 1. The van der Waals surface area contributed by atoms with Crippen LogP contribution in [0.25, 0.3) is 0 Å². The van der Waals surface area contributed by atoms with Gasteiger partial charge in [0.15, 0.2) is 0 Å². The highest BCUT2D eigenvalue weighted by atomic mass is 16.5. The van der Waals surface area contributed by atoms with Gasteiger partial charge in [-0.15, -0.1) is 0 Å². The predicted octanol–water partition coefficient (Wildman–Crippen LogP) is -0.0791. The molecule has 2 heterocycles. The van der Waals surface area contributed by atoms with Crippen molar-refractivity contribution in [1.29, 1.82) is 0 Å². The van der Waals surface area contributed by atoms with Crippen molar-refractivity contribution in [3.05, 3.63) is 23.8 Å². The van der Waals surface area contributed by atoms with E-state index in [1.165, 1.54) is 0 Å². The Balaban J connectivity index is 1.60. The standard InChI is InChI=1S/C22H32N4O6/c1-30-16-5-6-17-19(14-16)32-11-8-24-22(29)18(4-2-3-7-23-21(17)28)25-20(27)15-26-9-12-31-13-10-26/h5-6,14,18H,2-4,7-13,15H2,1H3,(H,23,28)(H,24,29)(H,25,27)/t18-/m0/s1. The van der Waals surface area contributed by atoms with Crippen molar-refractivity contribution in [3.63, 3.8) is 0 Å². The first-order valence-corrected chi connectivity index (χ1v) is 11.0. The third kappa shape index (κ3) is 7.10. The minimum atomic E-state index is -0.630. The van der Waals surface area contributed by atoms with E-state index in [0.717, 1.165) is 0 Å². The molecule has 0 aliphatic carbocycles. The Bertz CT molecular complexity index is 797. The van der Waals surface area contributed by atoms with Gasteiger partial charge in [-0.2, -0.15) is 0 Å². The number of ether oxygens (including phenoxy) is 3. The van der Waals surface area contributed by atoms with E-state index >= 15 is 0 Å². The maximum absolute atomic E-state index is 12.7. The number of carbonyl (C=O) groups excluding carboxylic acids is 3. The van der Waals surface area contributed by atoms with Crippen LogP contribution in [0.2, 0.25) is 0 Å². The second kappa shape index (κ2) is 12.3. The number of fused-ring (bicyclic) bond motifs is 1. The van der Waals surface area contributed by atoms with Gasteiger partial charge in [-0.3, -0.25) is 19.3 Å². The Labute approximate surface area is 187 Å². The Hall–Kier alpha value is -2.85. The van der Waals surface area contributed by atoms with Crippen molar-refractivity contribution in [2.45, 2.75) is 25.3 Å². The van der Waals surface area contributed by atoms with Gasteiger partial charge in [-0.05, 0) is 31.4 Å². The zero-order valence-electron chi connectivity index (χ0n) is 18.5. The fourth-order valence-corrected chi connectivity index (χ4v) is 3.64. The summed E-state index contributed by atoms with van der Waals surface area (Å²) in [5.74, 6) is 0.321. The van der Waals surface area contributed by atoms with Crippen LogP contribution in [0.5, 0.6) is 11.5 Å². The van der Waals surface area contributed by atoms with Gasteiger partial charge in [-0.25, -0.2) is 0 Å². The SMILES string of the molecule is COc1ccc2c(c1)OCCNC(=O)[C@@H](NC(=O)CN1CCOCC1)CCCCNC2=O. The van der Waals surface area contributed by atoms with E-state index < -0.39 is 6.04 Å². The lowest BCUT2D eigenvalue weighted by Crippen LogP contribution is -2.51. The quantitative estimate of drug-likeness (QED) is 0.590. The molecule has 2 aliphatic heterocycles. The van der Waals surface area contributed by atoms with E-state index in [9.17, 15) is 14.4 Å². The van der Waals surface area contributed by atoms with Gasteiger partial charge in [0.1, 0.15) is 24.1 Å². The summed E-state index contributed by atoms with van der Waals surface area (Å²) >= 11 is 0. The first-order valence-electron chi connectivity index (χ1n) is 11.0. The summed E-state index contributed by atoms with van der Waals surface area (Å²) in [6.45, 7) is 3.74. The minimum Gasteiger partial charge on any atom is -0.497 e. The summed E-state index contributed by atoms with van der Waals surface area (Å²) in [5.41, 5.74) is 0.419. The number of carbonyl (C=O) groups is 3. The van der Waals surface area contributed by atoms with Gasteiger partial charge >= 0.3 is 0 Å². The maximum atomic E-state index is 12.7. The van der Waals surface area contributed by atoms with Crippen LogP contribution < -0.4 is 25.4 Å². The lowest BCUT2D eigenvalue weighted by atomic mass is 10.1. The Morgan fingerprint density at radius 3 is 2.75 bits per heavy atom. The van der Waals surface area contributed by atoms with Crippen LogP contribution in [0.1, 0.15) is 29.6 Å². The molecule has 32 heavy (non-hydrogen) atoms. The fourth-order valence-electron chi connectivity index (χ4n) is 3.64. The predicted molar refractivity (Wildman–Crippen MR) is 117 cm³/mol. The van der Waals surface area contributed by atoms with Crippen molar-refractivity contribution in [3.8, 4) is 11.5 Å². The van der Waals surface area contributed by atoms with Gasteiger partial charge in [0, 0.05) is 25.7 Å². The number of hydrogen-bond acceptors (Lipinski definition) is 7. The van der Waals surface area contributed by atoms with Crippen molar-refractivity contribution < 1.29 is 28.6 Å². The highest BCUT2D eigenvalue weighted by molar-refractivity contribution is 5.97. The number of nitrogens with zero attached hydrogens (tertiary/aromatic N) is 1. The third-order valence-corrected chi connectivity index (χ3v) is 5.42. The molecule has 0 radical (unpaired) electrons. The average Bonchev–Trinajstić information content (AvgIpc) is 2.80. The summed E-state index contributed by atoms with van der Waals surface area (Å²) in [6, 6.07) is 4.39. The fraction of sp³-hybridized carbons (Fsp3) is 0.591. The normalized spacial score (nSPS) is 21.2. The van der Waals surface area contributed by atoms with Gasteiger partial charge in [0.05, 0.1) is 39.0 Å². The second-order valence-corrected chi connectivity index (χ2v) is 7.76. The number of methoxy groups -OCH3 is 1. The zero-order chi connectivity index (χ0) is 22.8. The van der Waals surface area contributed by atoms with Crippen LogP contribution in [0.15, 0.2) is 18.2 Å².